The molecule has 1 aliphatic heterocycles. The van der Waals surface area contributed by atoms with Crippen LogP contribution in [0, 0.1) is 0 Å². The Morgan fingerprint density at radius 1 is 1.14 bits per heavy atom. The summed E-state index contributed by atoms with van der Waals surface area (Å²) in [5, 5.41) is 2.97. The summed E-state index contributed by atoms with van der Waals surface area (Å²) < 4.78 is 10.6. The maximum atomic E-state index is 12.1. The fourth-order valence-electron chi connectivity index (χ4n) is 2.71. The van der Waals surface area contributed by atoms with E-state index >= 15 is 0 Å². The van der Waals surface area contributed by atoms with Gasteiger partial charge >= 0.3 is 0 Å². The van der Waals surface area contributed by atoms with Crippen molar-refractivity contribution in [1.82, 2.24) is 10.2 Å². The van der Waals surface area contributed by atoms with E-state index in [4.69, 9.17) is 9.15 Å². The molecule has 0 spiro atoms. The van der Waals surface area contributed by atoms with Gasteiger partial charge in [-0.05, 0) is 17.7 Å². The lowest BCUT2D eigenvalue weighted by molar-refractivity contribution is 0.0161. The summed E-state index contributed by atoms with van der Waals surface area (Å²) in [5.74, 6) is 0.160. The molecule has 0 aliphatic carbocycles. The SMILES string of the molecule is O=C(NCC(c1ccccc1)N1CCOCC1)c1ccco1. The van der Waals surface area contributed by atoms with E-state index < -0.39 is 0 Å². The van der Waals surface area contributed by atoms with Crippen LogP contribution < -0.4 is 5.32 Å². The van der Waals surface area contributed by atoms with E-state index in [9.17, 15) is 4.79 Å². The molecular weight excluding hydrogens is 280 g/mol. The average molecular weight is 300 g/mol. The summed E-state index contributed by atoms with van der Waals surface area (Å²) in [6, 6.07) is 13.8. The van der Waals surface area contributed by atoms with Crippen molar-refractivity contribution in [2.45, 2.75) is 6.04 Å². The Hall–Kier alpha value is -2.11. The highest BCUT2D eigenvalue weighted by atomic mass is 16.5. The highest BCUT2D eigenvalue weighted by Gasteiger charge is 2.23. The number of benzene rings is 1. The van der Waals surface area contributed by atoms with Crippen LogP contribution in [0.25, 0.3) is 0 Å². The second-order valence-corrected chi connectivity index (χ2v) is 5.26. The monoisotopic (exact) mass is 300 g/mol. The molecule has 3 rings (SSSR count). The van der Waals surface area contributed by atoms with Crippen LogP contribution in [0.4, 0.5) is 0 Å². The molecule has 1 saturated heterocycles. The second kappa shape index (κ2) is 7.24. The maximum absolute atomic E-state index is 12.1. The zero-order chi connectivity index (χ0) is 15.2. The Balaban J connectivity index is 1.69. The number of nitrogens with one attached hydrogen (secondary N) is 1. The molecular formula is C17H20N2O3. The van der Waals surface area contributed by atoms with E-state index in [1.165, 1.54) is 11.8 Å². The Bertz CT molecular complexity index is 577. The smallest absolute Gasteiger partial charge is 0.287 e. The highest BCUT2D eigenvalue weighted by Crippen LogP contribution is 2.21. The van der Waals surface area contributed by atoms with E-state index in [0.29, 0.717) is 12.3 Å². The van der Waals surface area contributed by atoms with Crippen LogP contribution in [0.3, 0.4) is 0 Å². The van der Waals surface area contributed by atoms with Crippen molar-refractivity contribution in [1.29, 1.82) is 0 Å². The highest BCUT2D eigenvalue weighted by molar-refractivity contribution is 5.91. The van der Waals surface area contributed by atoms with E-state index in [1.807, 2.05) is 18.2 Å². The van der Waals surface area contributed by atoms with Gasteiger partial charge in [-0.15, -0.1) is 0 Å². The van der Waals surface area contributed by atoms with Crippen LogP contribution >= 0.6 is 0 Å². The van der Waals surface area contributed by atoms with Crippen molar-refractivity contribution in [3.8, 4) is 0 Å². The number of rotatable bonds is 5. The van der Waals surface area contributed by atoms with E-state index in [-0.39, 0.29) is 11.9 Å². The Morgan fingerprint density at radius 2 is 1.91 bits per heavy atom. The normalized spacial score (nSPS) is 17.1. The predicted molar refractivity (Wildman–Crippen MR) is 82.6 cm³/mol. The number of morpholine rings is 1. The van der Waals surface area contributed by atoms with Crippen molar-refractivity contribution in [3.63, 3.8) is 0 Å². The summed E-state index contributed by atoms with van der Waals surface area (Å²) in [5.41, 5.74) is 1.20. The molecule has 5 heteroatoms. The van der Waals surface area contributed by atoms with Gasteiger partial charge in [0.2, 0.25) is 0 Å². The van der Waals surface area contributed by atoms with Gasteiger partial charge in [0.15, 0.2) is 5.76 Å². The van der Waals surface area contributed by atoms with Crippen molar-refractivity contribution >= 4 is 5.91 Å². The number of carbonyl (C=O) groups is 1. The third-order valence-electron chi connectivity index (χ3n) is 3.87. The van der Waals surface area contributed by atoms with Crippen LogP contribution in [0.15, 0.2) is 53.1 Å². The largest absolute Gasteiger partial charge is 0.459 e. The third-order valence-corrected chi connectivity index (χ3v) is 3.87. The lowest BCUT2D eigenvalue weighted by Crippen LogP contribution is -2.43. The fourth-order valence-corrected chi connectivity index (χ4v) is 2.71. The minimum absolute atomic E-state index is 0.143. The first kappa shape index (κ1) is 14.8. The van der Waals surface area contributed by atoms with Crippen molar-refractivity contribution in [2.75, 3.05) is 32.8 Å². The first-order valence-electron chi connectivity index (χ1n) is 7.53. The van der Waals surface area contributed by atoms with Gasteiger partial charge < -0.3 is 14.5 Å². The zero-order valence-electron chi connectivity index (χ0n) is 12.4. The molecule has 1 N–H and O–H groups in total. The number of amides is 1. The summed E-state index contributed by atoms with van der Waals surface area (Å²) in [6.07, 6.45) is 1.51. The van der Waals surface area contributed by atoms with E-state index in [0.717, 1.165) is 26.3 Å². The average Bonchev–Trinajstić information content (AvgIpc) is 3.11. The number of furan rings is 1. The summed E-state index contributed by atoms with van der Waals surface area (Å²) in [6.45, 7) is 3.75. The zero-order valence-corrected chi connectivity index (χ0v) is 12.4. The summed E-state index contributed by atoms with van der Waals surface area (Å²) in [7, 11) is 0. The van der Waals surface area contributed by atoms with Crippen molar-refractivity contribution in [3.05, 3.63) is 60.1 Å². The van der Waals surface area contributed by atoms with Gasteiger partial charge in [0.1, 0.15) is 0 Å². The topological polar surface area (TPSA) is 54.7 Å². The molecule has 1 unspecified atom stereocenters. The van der Waals surface area contributed by atoms with Crippen molar-refractivity contribution in [2.24, 2.45) is 0 Å². The predicted octanol–water partition coefficient (Wildman–Crippen LogP) is 2.08. The molecule has 2 aromatic rings. The molecule has 116 valence electrons. The van der Waals surface area contributed by atoms with Gasteiger partial charge in [-0.25, -0.2) is 0 Å². The van der Waals surface area contributed by atoms with Gasteiger partial charge in [-0.2, -0.15) is 0 Å². The minimum Gasteiger partial charge on any atom is -0.459 e. The van der Waals surface area contributed by atoms with Gasteiger partial charge in [-0.3, -0.25) is 9.69 Å². The van der Waals surface area contributed by atoms with Crippen LogP contribution in [-0.2, 0) is 4.74 Å². The molecule has 0 saturated carbocycles. The first-order valence-corrected chi connectivity index (χ1v) is 7.53. The summed E-state index contributed by atoms with van der Waals surface area (Å²) in [4.78, 5) is 14.4. The molecule has 0 bridgehead atoms. The quantitative estimate of drug-likeness (QED) is 0.918. The number of hydrogen-bond acceptors (Lipinski definition) is 4. The van der Waals surface area contributed by atoms with E-state index in [2.05, 4.69) is 22.3 Å². The van der Waals surface area contributed by atoms with Gasteiger partial charge in [-0.1, -0.05) is 30.3 Å². The van der Waals surface area contributed by atoms with Gasteiger partial charge in [0, 0.05) is 19.6 Å². The molecule has 1 amide bonds. The van der Waals surface area contributed by atoms with Crippen LogP contribution in [0.5, 0.6) is 0 Å². The molecule has 1 fully saturated rings. The number of nitrogens with zero attached hydrogens (tertiary/aromatic N) is 1. The Morgan fingerprint density at radius 3 is 2.59 bits per heavy atom. The Labute approximate surface area is 129 Å². The summed E-state index contributed by atoms with van der Waals surface area (Å²) >= 11 is 0. The lowest BCUT2D eigenvalue weighted by atomic mass is 10.0. The standard InChI is InChI=1S/C17H20N2O3/c20-17(16-7-4-10-22-16)18-13-15(14-5-2-1-3-6-14)19-8-11-21-12-9-19/h1-7,10,15H,8-9,11-13H2,(H,18,20). The Kier molecular flexibility index (Phi) is 4.88. The lowest BCUT2D eigenvalue weighted by Gasteiger charge is -2.34. The molecule has 1 aromatic carbocycles. The van der Waals surface area contributed by atoms with Crippen LogP contribution in [0.1, 0.15) is 22.2 Å². The minimum atomic E-state index is -0.181. The molecule has 5 nitrogen and oxygen atoms in total. The van der Waals surface area contributed by atoms with Gasteiger partial charge in [0.25, 0.3) is 5.91 Å². The third kappa shape index (κ3) is 3.55. The number of carbonyl (C=O) groups excluding carboxylic acids is 1. The molecule has 0 radical (unpaired) electrons. The fraction of sp³-hybridized carbons (Fsp3) is 0.353. The van der Waals surface area contributed by atoms with E-state index in [1.54, 1.807) is 12.1 Å². The second-order valence-electron chi connectivity index (χ2n) is 5.26. The number of hydrogen-bond donors (Lipinski definition) is 1. The molecule has 1 aliphatic rings. The maximum Gasteiger partial charge on any atom is 0.287 e. The molecule has 2 heterocycles. The number of ether oxygens (including phenoxy) is 1. The van der Waals surface area contributed by atoms with Gasteiger partial charge in [0.05, 0.1) is 25.5 Å². The molecule has 22 heavy (non-hydrogen) atoms. The van der Waals surface area contributed by atoms with Crippen LogP contribution in [-0.4, -0.2) is 43.7 Å². The van der Waals surface area contributed by atoms with Crippen LogP contribution in [0.2, 0.25) is 0 Å². The molecule has 1 atom stereocenters. The van der Waals surface area contributed by atoms with Crippen molar-refractivity contribution < 1.29 is 13.9 Å². The molecule has 1 aromatic heterocycles. The first-order chi connectivity index (χ1) is 10.8.